The van der Waals surface area contributed by atoms with Crippen LogP contribution in [0.2, 0.25) is 0 Å². The van der Waals surface area contributed by atoms with Gasteiger partial charge in [0.25, 0.3) is 0 Å². The van der Waals surface area contributed by atoms with Gasteiger partial charge in [0.05, 0.1) is 12.5 Å². The van der Waals surface area contributed by atoms with Gasteiger partial charge in [0.1, 0.15) is 12.6 Å². The molecule has 1 aliphatic heterocycles. The standard InChI is InChI=1S/C25H31N3O5/c1-19(21-11-6-3-7-12-21)23(30)26-22(17-29)24(31)27-13-8-14-28(16-15-27)25(32)33-18-20-9-4-2-5-10-20/h2-7,9-12,19,22,29H,8,13-18H2,1H3,(H,26,30). The van der Waals surface area contributed by atoms with Crippen LogP contribution in [0, 0.1) is 0 Å². The first-order chi connectivity index (χ1) is 16.0. The van der Waals surface area contributed by atoms with Crippen LogP contribution in [0.4, 0.5) is 4.79 Å². The third-order valence-corrected chi connectivity index (χ3v) is 5.76. The van der Waals surface area contributed by atoms with E-state index >= 15 is 0 Å². The second kappa shape index (κ2) is 12.0. The van der Waals surface area contributed by atoms with Crippen LogP contribution in [-0.2, 0) is 20.9 Å². The summed E-state index contributed by atoms with van der Waals surface area (Å²) in [6.45, 7) is 2.99. The van der Waals surface area contributed by atoms with Crippen molar-refractivity contribution < 1.29 is 24.2 Å². The molecule has 0 spiro atoms. The van der Waals surface area contributed by atoms with Crippen molar-refractivity contribution in [2.24, 2.45) is 0 Å². The first kappa shape index (κ1) is 24.3. The first-order valence-electron chi connectivity index (χ1n) is 11.2. The third-order valence-electron chi connectivity index (χ3n) is 5.76. The molecule has 0 aromatic heterocycles. The molecule has 176 valence electrons. The molecule has 1 fully saturated rings. The molecule has 0 radical (unpaired) electrons. The van der Waals surface area contributed by atoms with Gasteiger partial charge in [0, 0.05) is 26.2 Å². The molecular weight excluding hydrogens is 422 g/mol. The summed E-state index contributed by atoms with van der Waals surface area (Å²) < 4.78 is 5.40. The highest BCUT2D eigenvalue weighted by atomic mass is 16.6. The van der Waals surface area contributed by atoms with Gasteiger partial charge in [-0.05, 0) is 24.5 Å². The summed E-state index contributed by atoms with van der Waals surface area (Å²) in [4.78, 5) is 41.2. The smallest absolute Gasteiger partial charge is 0.410 e. The molecule has 2 N–H and O–H groups in total. The Morgan fingerprint density at radius 2 is 1.55 bits per heavy atom. The number of aliphatic hydroxyl groups is 1. The van der Waals surface area contributed by atoms with Crippen molar-refractivity contribution in [3.05, 3.63) is 71.8 Å². The molecule has 1 heterocycles. The molecule has 2 atom stereocenters. The Kier molecular flexibility index (Phi) is 8.83. The topological polar surface area (TPSA) is 99.2 Å². The zero-order valence-electron chi connectivity index (χ0n) is 18.9. The monoisotopic (exact) mass is 453 g/mol. The molecule has 2 aromatic carbocycles. The number of carbonyl (C=O) groups is 3. The van der Waals surface area contributed by atoms with Gasteiger partial charge in [-0.25, -0.2) is 4.79 Å². The molecule has 1 saturated heterocycles. The lowest BCUT2D eigenvalue weighted by atomic mass is 10.00. The highest BCUT2D eigenvalue weighted by Crippen LogP contribution is 2.15. The normalized spacial score (nSPS) is 15.8. The SMILES string of the molecule is CC(C(=O)NC(CO)C(=O)N1CCCN(C(=O)OCc2ccccc2)CC1)c1ccccc1. The summed E-state index contributed by atoms with van der Waals surface area (Å²) in [5.74, 6) is -1.13. The molecule has 8 nitrogen and oxygen atoms in total. The van der Waals surface area contributed by atoms with Crippen molar-refractivity contribution in [1.82, 2.24) is 15.1 Å². The van der Waals surface area contributed by atoms with Crippen molar-refractivity contribution in [1.29, 1.82) is 0 Å². The Bertz CT molecular complexity index is 922. The average molecular weight is 454 g/mol. The predicted molar refractivity (Wildman–Crippen MR) is 123 cm³/mol. The Balaban J connectivity index is 1.51. The lowest BCUT2D eigenvalue weighted by Crippen LogP contribution is -2.52. The molecule has 33 heavy (non-hydrogen) atoms. The Labute approximate surface area is 194 Å². The largest absolute Gasteiger partial charge is 0.445 e. The van der Waals surface area contributed by atoms with Gasteiger partial charge in [0.2, 0.25) is 11.8 Å². The molecule has 2 aromatic rings. The second-order valence-corrected chi connectivity index (χ2v) is 8.08. The van der Waals surface area contributed by atoms with Crippen LogP contribution in [0.1, 0.15) is 30.4 Å². The predicted octanol–water partition coefficient (Wildman–Crippen LogP) is 2.14. The minimum Gasteiger partial charge on any atom is -0.445 e. The molecule has 2 unspecified atom stereocenters. The van der Waals surface area contributed by atoms with Gasteiger partial charge in [-0.15, -0.1) is 0 Å². The van der Waals surface area contributed by atoms with Gasteiger partial charge < -0.3 is 25.0 Å². The lowest BCUT2D eigenvalue weighted by molar-refractivity contribution is -0.137. The minimum absolute atomic E-state index is 0.192. The van der Waals surface area contributed by atoms with E-state index in [1.807, 2.05) is 60.7 Å². The summed E-state index contributed by atoms with van der Waals surface area (Å²) in [5.41, 5.74) is 1.74. The van der Waals surface area contributed by atoms with E-state index in [9.17, 15) is 19.5 Å². The molecular formula is C25H31N3O5. The van der Waals surface area contributed by atoms with Crippen LogP contribution >= 0.6 is 0 Å². The zero-order chi connectivity index (χ0) is 23.6. The van der Waals surface area contributed by atoms with E-state index in [0.29, 0.717) is 32.6 Å². The number of rotatable bonds is 7. The number of aliphatic hydroxyl groups excluding tert-OH is 1. The number of amides is 3. The molecule has 1 aliphatic rings. The molecule has 0 saturated carbocycles. The van der Waals surface area contributed by atoms with E-state index in [0.717, 1.165) is 11.1 Å². The number of hydrogen-bond acceptors (Lipinski definition) is 5. The molecule has 0 bridgehead atoms. The minimum atomic E-state index is -1.03. The van der Waals surface area contributed by atoms with Crippen molar-refractivity contribution in [3.63, 3.8) is 0 Å². The van der Waals surface area contributed by atoms with Gasteiger partial charge >= 0.3 is 6.09 Å². The maximum absolute atomic E-state index is 13.0. The average Bonchev–Trinajstić information content (AvgIpc) is 3.12. The van der Waals surface area contributed by atoms with E-state index in [1.165, 1.54) is 0 Å². The second-order valence-electron chi connectivity index (χ2n) is 8.08. The van der Waals surface area contributed by atoms with Gasteiger partial charge in [-0.2, -0.15) is 0 Å². The summed E-state index contributed by atoms with van der Waals surface area (Å²) in [6, 6.07) is 17.7. The number of nitrogens with one attached hydrogen (secondary N) is 1. The fourth-order valence-corrected chi connectivity index (χ4v) is 3.73. The van der Waals surface area contributed by atoms with Crippen LogP contribution < -0.4 is 5.32 Å². The third kappa shape index (κ3) is 6.79. The fraction of sp³-hybridized carbons (Fsp3) is 0.400. The van der Waals surface area contributed by atoms with E-state index in [1.54, 1.807) is 16.7 Å². The van der Waals surface area contributed by atoms with Gasteiger partial charge in [0.15, 0.2) is 0 Å². The Morgan fingerprint density at radius 1 is 0.939 bits per heavy atom. The highest BCUT2D eigenvalue weighted by Gasteiger charge is 2.29. The fourth-order valence-electron chi connectivity index (χ4n) is 3.73. The molecule has 0 aliphatic carbocycles. The van der Waals surface area contributed by atoms with Crippen LogP contribution in [0.15, 0.2) is 60.7 Å². The van der Waals surface area contributed by atoms with Gasteiger partial charge in [-0.1, -0.05) is 60.7 Å². The van der Waals surface area contributed by atoms with Crippen molar-refractivity contribution in [3.8, 4) is 0 Å². The summed E-state index contributed by atoms with van der Waals surface area (Å²) in [6.07, 6.45) is 0.162. The van der Waals surface area contributed by atoms with Crippen molar-refractivity contribution >= 4 is 17.9 Å². The maximum Gasteiger partial charge on any atom is 0.410 e. The molecule has 8 heteroatoms. The van der Waals surface area contributed by atoms with Crippen molar-refractivity contribution in [2.75, 3.05) is 32.8 Å². The van der Waals surface area contributed by atoms with E-state index < -0.39 is 24.7 Å². The van der Waals surface area contributed by atoms with Crippen LogP contribution in [-0.4, -0.2) is 71.6 Å². The summed E-state index contributed by atoms with van der Waals surface area (Å²) in [5, 5.41) is 12.4. The molecule has 3 amide bonds. The number of nitrogens with zero attached hydrogens (tertiary/aromatic N) is 2. The highest BCUT2D eigenvalue weighted by molar-refractivity contribution is 5.90. The quantitative estimate of drug-likeness (QED) is 0.669. The number of ether oxygens (including phenoxy) is 1. The van der Waals surface area contributed by atoms with E-state index in [2.05, 4.69) is 5.32 Å². The van der Waals surface area contributed by atoms with Gasteiger partial charge in [-0.3, -0.25) is 9.59 Å². The summed E-state index contributed by atoms with van der Waals surface area (Å²) >= 11 is 0. The lowest BCUT2D eigenvalue weighted by Gasteiger charge is -2.26. The number of hydrogen-bond donors (Lipinski definition) is 2. The number of carbonyl (C=O) groups excluding carboxylic acids is 3. The van der Waals surface area contributed by atoms with Crippen LogP contribution in [0.5, 0.6) is 0 Å². The molecule has 3 rings (SSSR count). The zero-order valence-corrected chi connectivity index (χ0v) is 18.9. The Morgan fingerprint density at radius 3 is 2.21 bits per heavy atom. The van der Waals surface area contributed by atoms with E-state index in [4.69, 9.17) is 4.74 Å². The van der Waals surface area contributed by atoms with Crippen LogP contribution in [0.25, 0.3) is 0 Å². The first-order valence-corrected chi connectivity index (χ1v) is 11.2. The number of benzene rings is 2. The van der Waals surface area contributed by atoms with Crippen LogP contribution in [0.3, 0.4) is 0 Å². The van der Waals surface area contributed by atoms with Crippen molar-refractivity contribution in [2.45, 2.75) is 31.9 Å². The summed E-state index contributed by atoms with van der Waals surface area (Å²) in [7, 11) is 0. The Hall–Kier alpha value is -3.39. The maximum atomic E-state index is 13.0. The van der Waals surface area contributed by atoms with E-state index in [-0.39, 0.29) is 18.4 Å².